The van der Waals surface area contributed by atoms with Gasteiger partial charge < -0.3 is 9.73 Å². The quantitative estimate of drug-likeness (QED) is 0.344. The van der Waals surface area contributed by atoms with Crippen molar-refractivity contribution in [3.8, 4) is 22.9 Å². The molecule has 1 N–H and O–H groups in total. The van der Waals surface area contributed by atoms with Gasteiger partial charge in [0.15, 0.2) is 0 Å². The average Bonchev–Trinajstić information content (AvgIpc) is 3.24. The van der Waals surface area contributed by atoms with Crippen LogP contribution in [-0.4, -0.2) is 16.1 Å². The van der Waals surface area contributed by atoms with Gasteiger partial charge in [-0.15, -0.1) is 10.2 Å². The molecule has 1 heterocycles. The van der Waals surface area contributed by atoms with Crippen LogP contribution >= 0.6 is 23.2 Å². The minimum Gasteiger partial charge on any atom is -0.416 e. The highest BCUT2D eigenvalue weighted by molar-refractivity contribution is 6.37. The molecule has 0 saturated carbocycles. The van der Waals surface area contributed by atoms with Gasteiger partial charge >= 0.3 is 0 Å². The summed E-state index contributed by atoms with van der Waals surface area (Å²) < 4.78 is 5.86. The smallest absolute Gasteiger partial charge is 0.257 e. The summed E-state index contributed by atoms with van der Waals surface area (Å²) in [7, 11) is 0. The summed E-state index contributed by atoms with van der Waals surface area (Å²) in [5.74, 6) is 0.534. The number of aromatic nitrogens is 2. The minimum atomic E-state index is -0.321. The Morgan fingerprint density at radius 1 is 0.844 bits per heavy atom. The summed E-state index contributed by atoms with van der Waals surface area (Å²) in [5.41, 5.74) is 3.88. The fraction of sp³-hybridized carbons (Fsp3) is 0.160. The van der Waals surface area contributed by atoms with E-state index in [1.807, 2.05) is 12.1 Å². The van der Waals surface area contributed by atoms with Crippen LogP contribution in [0, 0.1) is 0 Å². The Bertz CT molecular complexity index is 1260. The third kappa shape index (κ3) is 4.85. The number of halogens is 2. The second kappa shape index (κ2) is 8.77. The lowest BCUT2D eigenvalue weighted by Crippen LogP contribution is -2.12. The topological polar surface area (TPSA) is 68.0 Å². The van der Waals surface area contributed by atoms with Crippen LogP contribution in [0.1, 0.15) is 36.7 Å². The number of carbonyl (C=O) groups is 1. The standard InChI is InChI=1S/C25H21Cl2N3O2/c1-25(2,3)17-8-4-15(5-9-17)23-29-30-24(32-23)16-6-11-19(12-7-16)28-22(31)20-13-10-18(26)14-21(20)27/h4-14H,1-3H3,(H,28,31). The molecule has 162 valence electrons. The van der Waals surface area contributed by atoms with Gasteiger partial charge in [-0.1, -0.05) is 56.1 Å². The van der Waals surface area contributed by atoms with E-state index in [1.165, 1.54) is 11.6 Å². The normalized spacial score (nSPS) is 11.4. The maximum absolute atomic E-state index is 12.5. The zero-order chi connectivity index (χ0) is 22.9. The van der Waals surface area contributed by atoms with Crippen LogP contribution in [0.2, 0.25) is 10.0 Å². The minimum absolute atomic E-state index is 0.0780. The molecule has 0 aliphatic rings. The van der Waals surface area contributed by atoms with E-state index in [0.29, 0.717) is 33.1 Å². The van der Waals surface area contributed by atoms with Crippen molar-refractivity contribution >= 4 is 34.8 Å². The van der Waals surface area contributed by atoms with Crippen molar-refractivity contribution < 1.29 is 9.21 Å². The first kappa shape index (κ1) is 22.1. The van der Waals surface area contributed by atoms with Gasteiger partial charge in [0.05, 0.1) is 10.6 Å². The van der Waals surface area contributed by atoms with E-state index >= 15 is 0 Å². The number of hydrogen-bond acceptors (Lipinski definition) is 4. The van der Waals surface area contributed by atoms with Gasteiger partial charge in [-0.05, 0) is 65.6 Å². The molecule has 5 nitrogen and oxygen atoms in total. The van der Waals surface area contributed by atoms with Crippen LogP contribution in [0.25, 0.3) is 22.9 Å². The van der Waals surface area contributed by atoms with Gasteiger partial charge in [0.2, 0.25) is 11.8 Å². The number of amides is 1. The summed E-state index contributed by atoms with van der Waals surface area (Å²) in [6, 6.07) is 20.0. The molecule has 0 atom stereocenters. The molecule has 4 rings (SSSR count). The van der Waals surface area contributed by atoms with Crippen LogP contribution in [0.15, 0.2) is 71.1 Å². The number of nitrogens with zero attached hydrogens (tertiary/aromatic N) is 2. The van der Waals surface area contributed by atoms with E-state index in [-0.39, 0.29) is 11.3 Å². The SMILES string of the molecule is CC(C)(C)c1ccc(-c2nnc(-c3ccc(NC(=O)c4ccc(Cl)cc4Cl)cc3)o2)cc1. The van der Waals surface area contributed by atoms with Crippen molar-refractivity contribution in [2.75, 3.05) is 5.32 Å². The molecule has 3 aromatic carbocycles. The zero-order valence-corrected chi connectivity index (χ0v) is 19.3. The molecule has 32 heavy (non-hydrogen) atoms. The Balaban J connectivity index is 1.48. The lowest BCUT2D eigenvalue weighted by molar-refractivity contribution is 0.102. The highest BCUT2D eigenvalue weighted by Gasteiger charge is 2.16. The van der Waals surface area contributed by atoms with Gasteiger partial charge in [-0.2, -0.15) is 0 Å². The Hall–Kier alpha value is -3.15. The number of anilines is 1. The monoisotopic (exact) mass is 465 g/mol. The molecule has 1 amide bonds. The maximum atomic E-state index is 12.5. The van der Waals surface area contributed by atoms with Gasteiger partial charge in [-0.25, -0.2) is 0 Å². The Morgan fingerprint density at radius 3 is 1.94 bits per heavy atom. The number of nitrogens with one attached hydrogen (secondary N) is 1. The second-order valence-corrected chi connectivity index (χ2v) is 9.24. The molecule has 0 saturated heterocycles. The van der Waals surface area contributed by atoms with Crippen molar-refractivity contribution in [2.24, 2.45) is 0 Å². The van der Waals surface area contributed by atoms with Gasteiger partial charge in [0, 0.05) is 21.8 Å². The van der Waals surface area contributed by atoms with Crippen molar-refractivity contribution in [2.45, 2.75) is 26.2 Å². The summed E-state index contributed by atoms with van der Waals surface area (Å²) in [4.78, 5) is 12.5. The first-order chi connectivity index (χ1) is 15.2. The molecular weight excluding hydrogens is 445 g/mol. The van der Waals surface area contributed by atoms with Crippen LogP contribution in [-0.2, 0) is 5.41 Å². The molecule has 0 bridgehead atoms. The molecule has 0 radical (unpaired) electrons. The van der Waals surface area contributed by atoms with E-state index in [4.69, 9.17) is 27.6 Å². The summed E-state index contributed by atoms with van der Waals surface area (Å²) in [5, 5.41) is 11.9. The third-order valence-corrected chi connectivity index (χ3v) is 5.54. The average molecular weight is 466 g/mol. The summed E-state index contributed by atoms with van der Waals surface area (Å²) >= 11 is 12.0. The number of benzene rings is 3. The van der Waals surface area contributed by atoms with Crippen LogP contribution in [0.4, 0.5) is 5.69 Å². The molecule has 0 fully saturated rings. The number of rotatable bonds is 4. The third-order valence-electron chi connectivity index (χ3n) is 4.99. The zero-order valence-electron chi connectivity index (χ0n) is 17.8. The highest BCUT2D eigenvalue weighted by atomic mass is 35.5. The van der Waals surface area contributed by atoms with Crippen LogP contribution in [0.5, 0.6) is 0 Å². The van der Waals surface area contributed by atoms with Crippen LogP contribution < -0.4 is 5.32 Å². The molecule has 0 unspecified atom stereocenters. The largest absolute Gasteiger partial charge is 0.416 e. The van der Waals surface area contributed by atoms with Crippen molar-refractivity contribution in [3.63, 3.8) is 0 Å². The summed E-state index contributed by atoms with van der Waals surface area (Å²) in [6.07, 6.45) is 0. The lowest BCUT2D eigenvalue weighted by Gasteiger charge is -2.18. The van der Waals surface area contributed by atoms with Crippen LogP contribution in [0.3, 0.4) is 0 Å². The van der Waals surface area contributed by atoms with E-state index in [0.717, 1.165) is 11.1 Å². The Kier molecular flexibility index (Phi) is 6.04. The Morgan fingerprint density at radius 2 is 1.41 bits per heavy atom. The summed E-state index contributed by atoms with van der Waals surface area (Å²) in [6.45, 7) is 6.51. The van der Waals surface area contributed by atoms with E-state index < -0.39 is 0 Å². The molecular formula is C25H21Cl2N3O2. The molecule has 1 aromatic heterocycles. The lowest BCUT2D eigenvalue weighted by atomic mass is 9.87. The number of hydrogen-bond donors (Lipinski definition) is 1. The van der Waals surface area contributed by atoms with Crippen molar-refractivity contribution in [1.82, 2.24) is 10.2 Å². The fourth-order valence-electron chi connectivity index (χ4n) is 3.14. The number of carbonyl (C=O) groups excluding carboxylic acids is 1. The van der Waals surface area contributed by atoms with E-state index in [2.05, 4.69) is 48.4 Å². The predicted octanol–water partition coefficient (Wildman–Crippen LogP) is 7.26. The van der Waals surface area contributed by atoms with Crippen molar-refractivity contribution in [1.29, 1.82) is 0 Å². The second-order valence-electron chi connectivity index (χ2n) is 8.40. The van der Waals surface area contributed by atoms with E-state index in [1.54, 1.807) is 36.4 Å². The van der Waals surface area contributed by atoms with Crippen molar-refractivity contribution in [3.05, 3.63) is 87.9 Å². The molecule has 7 heteroatoms. The van der Waals surface area contributed by atoms with Gasteiger partial charge in [-0.3, -0.25) is 4.79 Å². The van der Waals surface area contributed by atoms with Gasteiger partial charge in [0.1, 0.15) is 0 Å². The van der Waals surface area contributed by atoms with Gasteiger partial charge in [0.25, 0.3) is 5.91 Å². The first-order valence-electron chi connectivity index (χ1n) is 10.0. The Labute approximate surface area is 196 Å². The first-order valence-corrected chi connectivity index (χ1v) is 10.8. The molecule has 0 spiro atoms. The van der Waals surface area contributed by atoms with E-state index in [9.17, 15) is 4.79 Å². The highest BCUT2D eigenvalue weighted by Crippen LogP contribution is 2.28. The maximum Gasteiger partial charge on any atom is 0.257 e. The molecule has 4 aromatic rings. The fourth-order valence-corrected chi connectivity index (χ4v) is 3.63. The molecule has 0 aliphatic carbocycles. The molecule has 0 aliphatic heterocycles. The predicted molar refractivity (Wildman–Crippen MR) is 128 cm³/mol.